The van der Waals surface area contributed by atoms with Crippen LogP contribution in [0.2, 0.25) is 0 Å². The molecule has 0 aromatic heterocycles. The van der Waals surface area contributed by atoms with Crippen molar-refractivity contribution >= 4 is 11.8 Å². The standard InChI is InChI=1S/C17H24N2O4/c1-12-5-6-14(10-13(12)2)23-11-16(20)18-7-8-19-17(21)15-4-3-9-22-15/h5-6,10,15H,3-4,7-9,11H2,1-2H3,(H,18,20)(H,19,21). The van der Waals surface area contributed by atoms with Gasteiger partial charge in [0.15, 0.2) is 6.61 Å². The van der Waals surface area contributed by atoms with Crippen LogP contribution in [0.25, 0.3) is 0 Å². The van der Waals surface area contributed by atoms with Crippen molar-refractivity contribution in [1.82, 2.24) is 10.6 Å². The fourth-order valence-corrected chi connectivity index (χ4v) is 2.29. The molecule has 1 aliphatic rings. The molecule has 1 fully saturated rings. The first-order valence-electron chi connectivity index (χ1n) is 7.92. The molecule has 1 heterocycles. The fourth-order valence-electron chi connectivity index (χ4n) is 2.29. The summed E-state index contributed by atoms with van der Waals surface area (Å²) in [6.45, 7) is 5.38. The van der Waals surface area contributed by atoms with Gasteiger partial charge in [-0.2, -0.15) is 0 Å². The molecule has 1 aliphatic heterocycles. The van der Waals surface area contributed by atoms with Gasteiger partial charge >= 0.3 is 0 Å². The van der Waals surface area contributed by atoms with Crippen molar-refractivity contribution in [2.75, 3.05) is 26.3 Å². The van der Waals surface area contributed by atoms with Crippen LogP contribution in [0.5, 0.6) is 5.75 Å². The maximum atomic E-state index is 11.7. The Hall–Kier alpha value is -2.08. The van der Waals surface area contributed by atoms with E-state index in [1.165, 1.54) is 5.56 Å². The number of carbonyl (C=O) groups is 2. The Balaban J connectivity index is 1.59. The van der Waals surface area contributed by atoms with Gasteiger partial charge in [-0.15, -0.1) is 0 Å². The van der Waals surface area contributed by atoms with Gasteiger partial charge in [0, 0.05) is 19.7 Å². The highest BCUT2D eigenvalue weighted by Crippen LogP contribution is 2.16. The summed E-state index contributed by atoms with van der Waals surface area (Å²) in [5.74, 6) is 0.354. The number of carbonyl (C=O) groups excluding carboxylic acids is 2. The lowest BCUT2D eigenvalue weighted by atomic mass is 10.1. The van der Waals surface area contributed by atoms with E-state index in [4.69, 9.17) is 9.47 Å². The normalized spacial score (nSPS) is 16.9. The second kappa shape index (κ2) is 8.53. The zero-order valence-electron chi connectivity index (χ0n) is 13.7. The van der Waals surface area contributed by atoms with E-state index in [0.29, 0.717) is 25.4 Å². The van der Waals surface area contributed by atoms with E-state index in [-0.39, 0.29) is 24.5 Å². The predicted molar refractivity (Wildman–Crippen MR) is 86.4 cm³/mol. The van der Waals surface area contributed by atoms with Gasteiger partial charge in [0.05, 0.1) is 0 Å². The Morgan fingerprint density at radius 1 is 1.22 bits per heavy atom. The Bertz CT molecular complexity index is 554. The highest BCUT2D eigenvalue weighted by atomic mass is 16.5. The van der Waals surface area contributed by atoms with Crippen LogP contribution in [-0.4, -0.2) is 44.2 Å². The molecule has 23 heavy (non-hydrogen) atoms. The van der Waals surface area contributed by atoms with Gasteiger partial charge in [-0.3, -0.25) is 9.59 Å². The Kier molecular flexibility index (Phi) is 6.40. The number of amides is 2. The van der Waals surface area contributed by atoms with E-state index >= 15 is 0 Å². The molecule has 6 nitrogen and oxygen atoms in total. The maximum absolute atomic E-state index is 11.7. The first-order chi connectivity index (χ1) is 11.1. The second-order valence-corrected chi connectivity index (χ2v) is 5.68. The molecule has 2 N–H and O–H groups in total. The molecule has 2 rings (SSSR count). The molecule has 1 aromatic rings. The molecular formula is C17H24N2O4. The highest BCUT2D eigenvalue weighted by Gasteiger charge is 2.22. The van der Waals surface area contributed by atoms with Crippen molar-refractivity contribution in [2.24, 2.45) is 0 Å². The Morgan fingerprint density at radius 3 is 2.70 bits per heavy atom. The van der Waals surface area contributed by atoms with Crippen LogP contribution in [0.15, 0.2) is 18.2 Å². The number of ether oxygens (including phenoxy) is 2. The summed E-state index contributed by atoms with van der Waals surface area (Å²) in [4.78, 5) is 23.4. The van der Waals surface area contributed by atoms with E-state index in [9.17, 15) is 9.59 Å². The van der Waals surface area contributed by atoms with Crippen molar-refractivity contribution in [2.45, 2.75) is 32.8 Å². The van der Waals surface area contributed by atoms with E-state index in [2.05, 4.69) is 10.6 Å². The maximum Gasteiger partial charge on any atom is 0.258 e. The van der Waals surface area contributed by atoms with Crippen LogP contribution in [0.3, 0.4) is 0 Å². The molecule has 0 saturated carbocycles. The van der Waals surface area contributed by atoms with Crippen LogP contribution in [0, 0.1) is 13.8 Å². The molecule has 1 atom stereocenters. The van der Waals surface area contributed by atoms with Gasteiger partial charge in [0.2, 0.25) is 5.91 Å². The monoisotopic (exact) mass is 320 g/mol. The summed E-state index contributed by atoms with van der Waals surface area (Å²) in [6.07, 6.45) is 1.35. The highest BCUT2D eigenvalue weighted by molar-refractivity contribution is 5.81. The fraction of sp³-hybridized carbons (Fsp3) is 0.529. The van der Waals surface area contributed by atoms with E-state index in [1.807, 2.05) is 32.0 Å². The van der Waals surface area contributed by atoms with Crippen LogP contribution in [0.4, 0.5) is 0 Å². The summed E-state index contributed by atoms with van der Waals surface area (Å²) >= 11 is 0. The molecule has 0 aliphatic carbocycles. The smallest absolute Gasteiger partial charge is 0.258 e. The molecular weight excluding hydrogens is 296 g/mol. The number of hydrogen-bond acceptors (Lipinski definition) is 4. The van der Waals surface area contributed by atoms with Crippen LogP contribution < -0.4 is 15.4 Å². The third kappa shape index (κ3) is 5.56. The van der Waals surface area contributed by atoms with Gasteiger partial charge in [0.25, 0.3) is 5.91 Å². The zero-order valence-corrected chi connectivity index (χ0v) is 13.7. The Morgan fingerprint density at radius 2 is 2.00 bits per heavy atom. The predicted octanol–water partition coefficient (Wildman–Crippen LogP) is 1.09. The Labute approximate surface area is 136 Å². The van der Waals surface area contributed by atoms with Crippen molar-refractivity contribution in [3.63, 3.8) is 0 Å². The summed E-state index contributed by atoms with van der Waals surface area (Å²) in [7, 11) is 0. The largest absolute Gasteiger partial charge is 0.484 e. The number of hydrogen-bond donors (Lipinski definition) is 2. The molecule has 126 valence electrons. The second-order valence-electron chi connectivity index (χ2n) is 5.68. The average Bonchev–Trinajstić information content (AvgIpc) is 3.07. The van der Waals surface area contributed by atoms with Gasteiger partial charge < -0.3 is 20.1 Å². The number of benzene rings is 1. The minimum absolute atomic E-state index is 0.0395. The minimum Gasteiger partial charge on any atom is -0.484 e. The van der Waals surface area contributed by atoms with E-state index < -0.39 is 0 Å². The average molecular weight is 320 g/mol. The minimum atomic E-state index is -0.334. The van der Waals surface area contributed by atoms with Gasteiger partial charge in [-0.25, -0.2) is 0 Å². The van der Waals surface area contributed by atoms with Gasteiger partial charge in [-0.05, 0) is 49.9 Å². The van der Waals surface area contributed by atoms with Crippen molar-refractivity contribution in [3.8, 4) is 5.75 Å². The first-order valence-corrected chi connectivity index (χ1v) is 7.92. The topological polar surface area (TPSA) is 76.7 Å². The van der Waals surface area contributed by atoms with Gasteiger partial charge in [0.1, 0.15) is 11.9 Å². The molecule has 1 unspecified atom stereocenters. The molecule has 2 amide bonds. The number of rotatable bonds is 7. The third-order valence-electron chi connectivity index (χ3n) is 3.82. The molecule has 1 aromatic carbocycles. The van der Waals surface area contributed by atoms with Crippen molar-refractivity contribution in [1.29, 1.82) is 0 Å². The van der Waals surface area contributed by atoms with E-state index in [0.717, 1.165) is 18.4 Å². The lowest BCUT2D eigenvalue weighted by Crippen LogP contribution is -2.40. The van der Waals surface area contributed by atoms with Crippen molar-refractivity contribution in [3.05, 3.63) is 29.3 Å². The molecule has 0 bridgehead atoms. The first kappa shape index (κ1) is 17.3. The van der Waals surface area contributed by atoms with E-state index in [1.54, 1.807) is 0 Å². The summed E-state index contributed by atoms with van der Waals surface area (Å²) in [5.41, 5.74) is 2.31. The molecule has 6 heteroatoms. The molecule has 1 saturated heterocycles. The lowest BCUT2D eigenvalue weighted by Gasteiger charge is -2.11. The molecule has 0 radical (unpaired) electrons. The van der Waals surface area contributed by atoms with Crippen LogP contribution in [0.1, 0.15) is 24.0 Å². The lowest BCUT2D eigenvalue weighted by molar-refractivity contribution is -0.130. The number of aryl methyl sites for hydroxylation is 2. The number of nitrogens with one attached hydrogen (secondary N) is 2. The van der Waals surface area contributed by atoms with Crippen molar-refractivity contribution < 1.29 is 19.1 Å². The van der Waals surface area contributed by atoms with Crippen LogP contribution >= 0.6 is 0 Å². The summed E-state index contributed by atoms with van der Waals surface area (Å²) in [5, 5.41) is 5.45. The third-order valence-corrected chi connectivity index (χ3v) is 3.82. The van der Waals surface area contributed by atoms with Crippen LogP contribution in [-0.2, 0) is 14.3 Å². The SMILES string of the molecule is Cc1ccc(OCC(=O)NCCNC(=O)C2CCCO2)cc1C. The summed E-state index contributed by atoms with van der Waals surface area (Å²) < 4.78 is 10.7. The molecule has 0 spiro atoms. The quantitative estimate of drug-likeness (QED) is 0.738. The zero-order chi connectivity index (χ0) is 16.7. The summed E-state index contributed by atoms with van der Waals surface area (Å²) in [6, 6.07) is 5.71. The van der Waals surface area contributed by atoms with Gasteiger partial charge in [-0.1, -0.05) is 6.07 Å².